The number of methoxy groups -OCH3 is 2. The van der Waals surface area contributed by atoms with E-state index in [1.807, 2.05) is 36.2 Å². The molecule has 7 nitrogen and oxygen atoms in total. The number of carbonyl (C=O) groups excluding carboxylic acids is 1. The predicted molar refractivity (Wildman–Crippen MR) is 104 cm³/mol. The third-order valence-electron chi connectivity index (χ3n) is 5.43. The molecule has 7 heteroatoms. The first-order chi connectivity index (χ1) is 13.0. The van der Waals surface area contributed by atoms with E-state index in [-0.39, 0.29) is 12.0 Å². The number of ether oxygens (including phenoxy) is 2. The van der Waals surface area contributed by atoms with Crippen molar-refractivity contribution in [2.75, 3.05) is 27.3 Å². The molecular formula is C20H28N4O3. The SMILES string of the molecule is COc1cccc(-c2cn[nH]c2C2CCN(C(=O)C(N)C(C)OC)CC2)c1. The van der Waals surface area contributed by atoms with E-state index >= 15 is 0 Å². The fourth-order valence-electron chi connectivity index (χ4n) is 3.57. The Hall–Kier alpha value is -2.38. The van der Waals surface area contributed by atoms with E-state index in [1.165, 1.54) is 0 Å². The fraction of sp³-hybridized carbons (Fsp3) is 0.500. The number of aromatic amines is 1. The third-order valence-corrected chi connectivity index (χ3v) is 5.43. The number of amides is 1. The number of carbonyl (C=O) groups is 1. The smallest absolute Gasteiger partial charge is 0.242 e. The van der Waals surface area contributed by atoms with Crippen LogP contribution in [0.5, 0.6) is 5.75 Å². The molecule has 0 saturated carbocycles. The topological polar surface area (TPSA) is 93.5 Å². The van der Waals surface area contributed by atoms with Crippen LogP contribution >= 0.6 is 0 Å². The molecular weight excluding hydrogens is 344 g/mol. The van der Waals surface area contributed by atoms with Crippen LogP contribution < -0.4 is 10.5 Å². The highest BCUT2D eigenvalue weighted by Gasteiger charge is 2.31. The molecule has 1 aliphatic heterocycles. The molecule has 0 aliphatic carbocycles. The number of nitrogens with one attached hydrogen (secondary N) is 1. The Kier molecular flexibility index (Phi) is 6.13. The van der Waals surface area contributed by atoms with Gasteiger partial charge in [0.1, 0.15) is 11.8 Å². The van der Waals surface area contributed by atoms with E-state index in [2.05, 4.69) is 16.3 Å². The highest BCUT2D eigenvalue weighted by molar-refractivity contribution is 5.82. The normalized spacial score (nSPS) is 17.6. The van der Waals surface area contributed by atoms with Gasteiger partial charge in [-0.1, -0.05) is 12.1 Å². The molecule has 146 valence electrons. The summed E-state index contributed by atoms with van der Waals surface area (Å²) in [5.74, 6) is 1.11. The van der Waals surface area contributed by atoms with Gasteiger partial charge in [0.25, 0.3) is 0 Å². The lowest BCUT2D eigenvalue weighted by Gasteiger charge is -2.34. The summed E-state index contributed by atoms with van der Waals surface area (Å²) in [7, 11) is 3.24. The van der Waals surface area contributed by atoms with Gasteiger partial charge in [-0.05, 0) is 37.5 Å². The van der Waals surface area contributed by atoms with Gasteiger partial charge in [-0.2, -0.15) is 5.10 Å². The van der Waals surface area contributed by atoms with Crippen molar-refractivity contribution in [2.24, 2.45) is 5.73 Å². The van der Waals surface area contributed by atoms with Crippen LogP contribution in [-0.4, -0.2) is 60.5 Å². The molecule has 27 heavy (non-hydrogen) atoms. The van der Waals surface area contributed by atoms with E-state index in [0.717, 1.165) is 35.4 Å². The number of aromatic nitrogens is 2. The number of H-pyrrole nitrogens is 1. The zero-order valence-electron chi connectivity index (χ0n) is 16.1. The van der Waals surface area contributed by atoms with Crippen LogP contribution in [0, 0.1) is 0 Å². The molecule has 2 atom stereocenters. The lowest BCUT2D eigenvalue weighted by molar-refractivity contribution is -0.136. The Labute approximate surface area is 159 Å². The first-order valence-corrected chi connectivity index (χ1v) is 9.30. The molecule has 1 fully saturated rings. The summed E-state index contributed by atoms with van der Waals surface area (Å²) in [5.41, 5.74) is 9.29. The maximum Gasteiger partial charge on any atom is 0.242 e. The number of nitrogens with two attached hydrogens (primary N) is 1. The number of benzene rings is 1. The van der Waals surface area contributed by atoms with Crippen LogP contribution in [0.25, 0.3) is 11.1 Å². The summed E-state index contributed by atoms with van der Waals surface area (Å²) in [6.07, 6.45) is 3.32. The van der Waals surface area contributed by atoms with Crippen molar-refractivity contribution in [1.29, 1.82) is 0 Å². The maximum absolute atomic E-state index is 12.5. The molecule has 0 radical (unpaired) electrons. The minimum atomic E-state index is -0.619. The van der Waals surface area contributed by atoms with Gasteiger partial charge in [-0.3, -0.25) is 9.89 Å². The third kappa shape index (κ3) is 4.14. The number of nitrogens with zero attached hydrogens (tertiary/aromatic N) is 2. The fourth-order valence-corrected chi connectivity index (χ4v) is 3.57. The molecule has 3 N–H and O–H groups in total. The minimum absolute atomic E-state index is 0.0413. The van der Waals surface area contributed by atoms with Gasteiger partial charge in [0.2, 0.25) is 5.91 Å². The highest BCUT2D eigenvalue weighted by atomic mass is 16.5. The lowest BCUT2D eigenvalue weighted by atomic mass is 9.89. The Morgan fingerprint density at radius 1 is 1.33 bits per heavy atom. The van der Waals surface area contributed by atoms with Crippen LogP contribution in [0.15, 0.2) is 30.5 Å². The van der Waals surface area contributed by atoms with E-state index in [4.69, 9.17) is 15.2 Å². The summed E-state index contributed by atoms with van der Waals surface area (Å²) in [4.78, 5) is 14.4. The van der Waals surface area contributed by atoms with Gasteiger partial charge < -0.3 is 20.1 Å². The van der Waals surface area contributed by atoms with Crippen molar-refractivity contribution < 1.29 is 14.3 Å². The molecule has 0 spiro atoms. The second kappa shape index (κ2) is 8.54. The van der Waals surface area contributed by atoms with Gasteiger partial charge in [0, 0.05) is 37.4 Å². The average molecular weight is 372 g/mol. The van der Waals surface area contributed by atoms with Gasteiger partial charge in [0.05, 0.1) is 19.4 Å². The number of rotatable bonds is 6. The molecule has 1 saturated heterocycles. The molecule has 3 rings (SSSR count). The highest BCUT2D eigenvalue weighted by Crippen LogP contribution is 2.35. The first kappa shape index (κ1) is 19.4. The molecule has 1 aromatic carbocycles. The average Bonchev–Trinajstić information content (AvgIpc) is 3.22. The molecule has 2 unspecified atom stereocenters. The molecule has 1 aliphatic rings. The van der Waals surface area contributed by atoms with Crippen molar-refractivity contribution in [3.8, 4) is 16.9 Å². The lowest BCUT2D eigenvalue weighted by Crippen LogP contribution is -2.51. The summed E-state index contributed by atoms with van der Waals surface area (Å²) in [6, 6.07) is 7.35. The first-order valence-electron chi connectivity index (χ1n) is 9.30. The molecule has 2 heterocycles. The molecule has 0 bridgehead atoms. The zero-order valence-corrected chi connectivity index (χ0v) is 16.1. The standard InChI is InChI=1S/C20H28N4O3/c1-13(26-2)18(21)20(25)24-9-7-14(8-10-24)19-17(12-22-23-19)15-5-4-6-16(11-15)27-3/h4-6,11-14,18H,7-10,21H2,1-3H3,(H,22,23). The largest absolute Gasteiger partial charge is 0.497 e. The Morgan fingerprint density at radius 3 is 2.74 bits per heavy atom. The van der Waals surface area contributed by atoms with Crippen molar-refractivity contribution in [3.63, 3.8) is 0 Å². The van der Waals surface area contributed by atoms with Crippen LogP contribution in [0.4, 0.5) is 0 Å². The summed E-state index contributed by atoms with van der Waals surface area (Å²) in [5, 5.41) is 7.43. The van der Waals surface area contributed by atoms with E-state index < -0.39 is 6.04 Å². The van der Waals surface area contributed by atoms with Gasteiger partial charge >= 0.3 is 0 Å². The van der Waals surface area contributed by atoms with E-state index in [0.29, 0.717) is 19.0 Å². The van der Waals surface area contributed by atoms with Gasteiger partial charge in [-0.15, -0.1) is 0 Å². The summed E-state index contributed by atoms with van der Waals surface area (Å²) < 4.78 is 10.5. The van der Waals surface area contributed by atoms with Crippen molar-refractivity contribution in [2.45, 2.75) is 37.8 Å². The van der Waals surface area contributed by atoms with E-state index in [9.17, 15) is 4.79 Å². The molecule has 1 amide bonds. The predicted octanol–water partition coefficient (Wildman–Crippen LogP) is 2.15. The second-order valence-electron chi connectivity index (χ2n) is 7.00. The van der Waals surface area contributed by atoms with Gasteiger partial charge in [-0.25, -0.2) is 0 Å². The Morgan fingerprint density at radius 2 is 2.07 bits per heavy atom. The summed E-state index contributed by atoms with van der Waals surface area (Å²) >= 11 is 0. The monoisotopic (exact) mass is 372 g/mol. The van der Waals surface area contributed by atoms with Crippen LogP contribution in [0.3, 0.4) is 0 Å². The maximum atomic E-state index is 12.5. The number of hydrogen-bond acceptors (Lipinski definition) is 5. The van der Waals surface area contributed by atoms with Crippen LogP contribution in [-0.2, 0) is 9.53 Å². The van der Waals surface area contributed by atoms with Crippen molar-refractivity contribution in [3.05, 3.63) is 36.2 Å². The molecule has 1 aromatic heterocycles. The number of hydrogen-bond donors (Lipinski definition) is 2. The second-order valence-corrected chi connectivity index (χ2v) is 7.00. The van der Waals surface area contributed by atoms with Gasteiger partial charge in [0.15, 0.2) is 0 Å². The molecule has 2 aromatic rings. The Bertz CT molecular complexity index is 768. The number of likely N-dealkylation sites (tertiary alicyclic amines) is 1. The minimum Gasteiger partial charge on any atom is -0.497 e. The van der Waals surface area contributed by atoms with Crippen molar-refractivity contribution >= 4 is 5.91 Å². The zero-order chi connectivity index (χ0) is 19.4. The van der Waals surface area contributed by atoms with Crippen LogP contribution in [0.2, 0.25) is 0 Å². The number of piperidine rings is 1. The van der Waals surface area contributed by atoms with Crippen molar-refractivity contribution in [1.82, 2.24) is 15.1 Å². The quantitative estimate of drug-likeness (QED) is 0.810. The summed E-state index contributed by atoms with van der Waals surface area (Å²) in [6.45, 7) is 3.19. The van der Waals surface area contributed by atoms with E-state index in [1.54, 1.807) is 14.2 Å². The Balaban J connectivity index is 1.69. The van der Waals surface area contributed by atoms with Crippen LogP contribution in [0.1, 0.15) is 31.4 Å².